The fourth-order valence-corrected chi connectivity index (χ4v) is 1.54. The average Bonchev–Trinajstić information content (AvgIpc) is 2.44. The summed E-state index contributed by atoms with van der Waals surface area (Å²) in [6, 6.07) is 10.6. The molecule has 0 aromatic heterocycles. The van der Waals surface area contributed by atoms with Gasteiger partial charge >= 0.3 is 27.7 Å². The van der Waals surface area contributed by atoms with Crippen LogP contribution in [0.15, 0.2) is 48.5 Å². The Morgan fingerprint density at radius 1 is 0.696 bits per heavy atom. The van der Waals surface area contributed by atoms with E-state index in [1.54, 1.807) is 0 Å². The van der Waals surface area contributed by atoms with E-state index >= 15 is 0 Å². The van der Waals surface area contributed by atoms with Crippen LogP contribution in [0.2, 0.25) is 0 Å². The predicted octanol–water partition coefficient (Wildman–Crippen LogP) is 0.234. The number of carboxylic acid groups (broad SMARTS) is 2. The quantitative estimate of drug-likeness (QED) is 0.556. The van der Waals surface area contributed by atoms with E-state index in [9.17, 15) is 28.6 Å². The molecule has 23 heavy (non-hydrogen) atoms. The van der Waals surface area contributed by atoms with E-state index in [0.29, 0.717) is 11.1 Å². The van der Waals surface area contributed by atoms with Gasteiger partial charge in [0.25, 0.3) is 0 Å². The predicted molar refractivity (Wildman–Crippen MR) is 70.2 cm³/mol. The summed E-state index contributed by atoms with van der Waals surface area (Å²) in [5, 5.41) is 20.1. The first-order valence-corrected chi connectivity index (χ1v) is 6.25. The molecule has 0 aliphatic rings. The summed E-state index contributed by atoms with van der Waals surface area (Å²) >= 11 is 0. The third kappa shape index (κ3) is 9.73. The molecule has 0 unspecified atom stereocenters. The molecule has 0 aliphatic heterocycles. The average molecular weight is 507 g/mol. The van der Waals surface area contributed by atoms with Crippen LogP contribution in [0.5, 0.6) is 0 Å². The third-order valence-corrected chi connectivity index (χ3v) is 2.52. The molecule has 2 rings (SSSR count). The SMILES string of the molecule is O=C([O-])Cc1ccc(F)cc1.O=C([O-])Cc1ccc(F)cc1.[Hg+2]. The molecule has 0 bridgehead atoms. The van der Waals surface area contributed by atoms with E-state index in [2.05, 4.69) is 0 Å². The molecule has 0 N–H and O–H groups in total. The van der Waals surface area contributed by atoms with Crippen molar-refractivity contribution >= 4 is 11.9 Å². The van der Waals surface area contributed by atoms with E-state index in [0.717, 1.165) is 0 Å². The topological polar surface area (TPSA) is 80.3 Å². The van der Waals surface area contributed by atoms with Gasteiger partial charge in [0, 0.05) is 24.8 Å². The largest absolute Gasteiger partial charge is 2.00 e. The molecular formula is C16H12F2HgO4. The van der Waals surface area contributed by atoms with Gasteiger partial charge in [-0.2, -0.15) is 0 Å². The van der Waals surface area contributed by atoms with Crippen LogP contribution in [0.1, 0.15) is 11.1 Å². The van der Waals surface area contributed by atoms with Crippen molar-refractivity contribution in [3.63, 3.8) is 0 Å². The molecular weight excluding hydrogens is 495 g/mol. The van der Waals surface area contributed by atoms with Crippen molar-refractivity contribution in [2.24, 2.45) is 0 Å². The Morgan fingerprint density at radius 2 is 0.957 bits per heavy atom. The fraction of sp³-hybridized carbons (Fsp3) is 0.125. The molecule has 0 amide bonds. The van der Waals surface area contributed by atoms with Crippen molar-refractivity contribution < 1.29 is 56.3 Å². The molecule has 0 heterocycles. The van der Waals surface area contributed by atoms with Crippen molar-refractivity contribution in [2.45, 2.75) is 12.8 Å². The summed E-state index contributed by atoms with van der Waals surface area (Å²) in [4.78, 5) is 20.1. The Bertz CT molecular complexity index is 570. The normalized spacial score (nSPS) is 9.13. The zero-order valence-corrected chi connectivity index (χ0v) is 17.6. The Kier molecular flexibility index (Phi) is 9.97. The number of rotatable bonds is 4. The van der Waals surface area contributed by atoms with Crippen LogP contribution in [-0.2, 0) is 50.1 Å². The molecule has 0 spiro atoms. The maximum Gasteiger partial charge on any atom is 2.00 e. The molecule has 0 aliphatic carbocycles. The van der Waals surface area contributed by atoms with Gasteiger partial charge in [-0.1, -0.05) is 24.3 Å². The van der Waals surface area contributed by atoms with Gasteiger partial charge in [-0.25, -0.2) is 8.78 Å². The molecule has 116 valence electrons. The van der Waals surface area contributed by atoms with Crippen molar-refractivity contribution in [2.75, 3.05) is 0 Å². The summed E-state index contributed by atoms with van der Waals surface area (Å²) in [6.45, 7) is 0. The summed E-state index contributed by atoms with van der Waals surface area (Å²) in [6.07, 6.45) is -0.333. The van der Waals surface area contributed by atoms with Crippen LogP contribution < -0.4 is 10.2 Å². The minimum absolute atomic E-state index is 0. The summed E-state index contributed by atoms with van der Waals surface area (Å²) in [5.74, 6) is -3.05. The number of hydrogen-bond acceptors (Lipinski definition) is 4. The fourth-order valence-electron chi connectivity index (χ4n) is 1.54. The number of carbonyl (C=O) groups is 2. The maximum absolute atomic E-state index is 12.3. The van der Waals surface area contributed by atoms with Gasteiger partial charge in [0.2, 0.25) is 0 Å². The second-order valence-corrected chi connectivity index (χ2v) is 4.35. The number of aliphatic carboxylic acids is 2. The Balaban J connectivity index is 0.000000403. The molecule has 2 aromatic carbocycles. The van der Waals surface area contributed by atoms with Gasteiger partial charge in [-0.05, 0) is 35.4 Å². The number of halogens is 2. The number of benzene rings is 2. The van der Waals surface area contributed by atoms with Gasteiger partial charge in [0.15, 0.2) is 0 Å². The zero-order valence-electron chi connectivity index (χ0n) is 12.1. The summed E-state index contributed by atoms with van der Waals surface area (Å²) in [7, 11) is 0. The molecule has 0 saturated carbocycles. The Morgan fingerprint density at radius 3 is 1.17 bits per heavy atom. The van der Waals surface area contributed by atoms with E-state index in [1.165, 1.54) is 48.5 Å². The first kappa shape index (κ1) is 21.2. The molecule has 0 radical (unpaired) electrons. The van der Waals surface area contributed by atoms with E-state index in [-0.39, 0.29) is 52.1 Å². The minimum atomic E-state index is -1.16. The molecule has 0 fully saturated rings. The first-order valence-electron chi connectivity index (χ1n) is 6.25. The number of hydrogen-bond donors (Lipinski definition) is 0. The molecule has 7 heteroatoms. The summed E-state index contributed by atoms with van der Waals surface area (Å²) in [5.41, 5.74) is 1.10. The zero-order chi connectivity index (χ0) is 16.5. The van der Waals surface area contributed by atoms with E-state index < -0.39 is 11.9 Å². The van der Waals surface area contributed by atoms with Crippen LogP contribution >= 0.6 is 0 Å². The first-order chi connectivity index (χ1) is 10.4. The van der Waals surface area contributed by atoms with Crippen LogP contribution in [-0.4, -0.2) is 11.9 Å². The second kappa shape index (κ2) is 10.8. The summed E-state index contributed by atoms with van der Waals surface area (Å²) < 4.78 is 24.5. The van der Waals surface area contributed by atoms with Crippen LogP contribution in [0.3, 0.4) is 0 Å². The second-order valence-electron chi connectivity index (χ2n) is 4.35. The van der Waals surface area contributed by atoms with Gasteiger partial charge < -0.3 is 19.8 Å². The van der Waals surface area contributed by atoms with Gasteiger partial charge in [-0.3, -0.25) is 0 Å². The smallest absolute Gasteiger partial charge is 0.550 e. The van der Waals surface area contributed by atoms with Gasteiger partial charge in [0.1, 0.15) is 11.6 Å². The monoisotopic (exact) mass is 508 g/mol. The molecule has 2 aromatic rings. The van der Waals surface area contributed by atoms with E-state index in [4.69, 9.17) is 0 Å². The van der Waals surface area contributed by atoms with E-state index in [1.807, 2.05) is 0 Å². The van der Waals surface area contributed by atoms with Gasteiger partial charge in [-0.15, -0.1) is 0 Å². The standard InChI is InChI=1S/2C8H7FO2.Hg/c2*9-7-3-1-6(2-4-7)5-8(10)11;/h2*1-4H,5H2,(H,10,11);/q;;+2/p-2. The maximum atomic E-state index is 12.3. The van der Waals surface area contributed by atoms with Crippen LogP contribution in [0.4, 0.5) is 8.78 Å². The van der Waals surface area contributed by atoms with Gasteiger partial charge in [0.05, 0.1) is 0 Å². The Labute approximate surface area is 152 Å². The van der Waals surface area contributed by atoms with Crippen molar-refractivity contribution in [3.8, 4) is 0 Å². The van der Waals surface area contributed by atoms with Crippen molar-refractivity contribution in [3.05, 3.63) is 71.3 Å². The molecule has 0 saturated heterocycles. The van der Waals surface area contributed by atoms with Crippen molar-refractivity contribution in [1.29, 1.82) is 0 Å². The number of carboxylic acids is 2. The van der Waals surface area contributed by atoms with Crippen molar-refractivity contribution in [1.82, 2.24) is 0 Å². The number of carbonyl (C=O) groups excluding carboxylic acids is 2. The molecule has 4 nitrogen and oxygen atoms in total. The molecule has 0 atom stereocenters. The third-order valence-electron chi connectivity index (χ3n) is 2.52. The van der Waals surface area contributed by atoms with Crippen LogP contribution in [0, 0.1) is 11.6 Å². The Hall–Kier alpha value is -1.82. The minimum Gasteiger partial charge on any atom is -0.550 e. The van der Waals surface area contributed by atoms with Crippen LogP contribution in [0.25, 0.3) is 0 Å².